The summed E-state index contributed by atoms with van der Waals surface area (Å²) in [6, 6.07) is 9.75. The zero-order valence-electron chi connectivity index (χ0n) is 15.5. The highest BCUT2D eigenvalue weighted by atomic mass is 35.5. The molecule has 1 aromatic heterocycles. The third kappa shape index (κ3) is 5.11. The van der Waals surface area contributed by atoms with E-state index in [0.29, 0.717) is 26.5 Å². The highest BCUT2D eigenvalue weighted by Gasteiger charge is 2.31. The van der Waals surface area contributed by atoms with Crippen molar-refractivity contribution in [1.82, 2.24) is 9.55 Å². The minimum absolute atomic E-state index is 0.0371. The van der Waals surface area contributed by atoms with Gasteiger partial charge in [-0.25, -0.2) is 4.98 Å². The van der Waals surface area contributed by atoms with Crippen molar-refractivity contribution in [1.29, 1.82) is 0 Å². The standard InChI is InChI=1S/C20H15Cl2F3N2O2S/c1-2-29-18(28)11-30-19-26-10-17(12-6-7-15(21)16(22)8-12)27(19)14-5-3-4-13(9-14)20(23,24)25/h3-10H,2,11H2,1H3. The number of alkyl halides is 3. The van der Waals surface area contributed by atoms with Gasteiger partial charge in [0.05, 0.1) is 39.9 Å². The summed E-state index contributed by atoms with van der Waals surface area (Å²) in [6.07, 6.45) is -2.99. The van der Waals surface area contributed by atoms with Crippen LogP contribution in [0.1, 0.15) is 12.5 Å². The summed E-state index contributed by atoms with van der Waals surface area (Å²) in [4.78, 5) is 16.1. The Hall–Kier alpha value is -2.16. The van der Waals surface area contributed by atoms with Crippen LogP contribution in [0.3, 0.4) is 0 Å². The van der Waals surface area contributed by atoms with Gasteiger partial charge in [0.25, 0.3) is 0 Å². The van der Waals surface area contributed by atoms with Crippen LogP contribution in [0, 0.1) is 0 Å². The van der Waals surface area contributed by atoms with Crippen LogP contribution < -0.4 is 0 Å². The Morgan fingerprint density at radius 2 is 1.93 bits per heavy atom. The molecule has 0 amide bonds. The first-order valence-corrected chi connectivity index (χ1v) is 10.4. The van der Waals surface area contributed by atoms with E-state index in [1.165, 1.54) is 18.3 Å². The second kappa shape index (κ2) is 9.32. The van der Waals surface area contributed by atoms with Gasteiger partial charge in [0.15, 0.2) is 5.16 Å². The lowest BCUT2D eigenvalue weighted by Crippen LogP contribution is -2.09. The third-order valence-corrected chi connectivity index (χ3v) is 5.67. The number of ether oxygens (including phenoxy) is 1. The quantitative estimate of drug-likeness (QED) is 0.301. The van der Waals surface area contributed by atoms with E-state index < -0.39 is 17.7 Å². The minimum atomic E-state index is -4.50. The van der Waals surface area contributed by atoms with Crippen LogP contribution in [0.25, 0.3) is 16.9 Å². The lowest BCUT2D eigenvalue weighted by Gasteiger charge is -2.14. The van der Waals surface area contributed by atoms with Crippen LogP contribution in [0.4, 0.5) is 13.2 Å². The van der Waals surface area contributed by atoms with Crippen molar-refractivity contribution in [3.63, 3.8) is 0 Å². The van der Waals surface area contributed by atoms with Crippen molar-refractivity contribution < 1.29 is 22.7 Å². The fraction of sp³-hybridized carbons (Fsp3) is 0.200. The molecule has 0 spiro atoms. The van der Waals surface area contributed by atoms with Gasteiger partial charge in [0.2, 0.25) is 0 Å². The number of nitrogens with zero attached hydrogens (tertiary/aromatic N) is 2. The predicted octanol–water partition coefficient (Wildman–Crippen LogP) is 6.52. The van der Waals surface area contributed by atoms with E-state index >= 15 is 0 Å². The van der Waals surface area contributed by atoms with Crippen molar-refractivity contribution in [2.75, 3.05) is 12.4 Å². The smallest absolute Gasteiger partial charge is 0.416 e. The predicted molar refractivity (Wildman–Crippen MR) is 111 cm³/mol. The maximum atomic E-state index is 13.2. The summed E-state index contributed by atoms with van der Waals surface area (Å²) < 4.78 is 46.2. The molecule has 30 heavy (non-hydrogen) atoms. The van der Waals surface area contributed by atoms with Crippen LogP contribution in [-0.4, -0.2) is 27.9 Å². The van der Waals surface area contributed by atoms with Crippen LogP contribution >= 0.6 is 35.0 Å². The summed E-state index contributed by atoms with van der Waals surface area (Å²) in [5, 5.41) is 0.984. The molecule has 3 rings (SSSR count). The minimum Gasteiger partial charge on any atom is -0.465 e. The van der Waals surface area contributed by atoms with Crippen molar-refractivity contribution in [2.24, 2.45) is 0 Å². The topological polar surface area (TPSA) is 44.1 Å². The molecule has 0 N–H and O–H groups in total. The van der Waals surface area contributed by atoms with E-state index in [-0.39, 0.29) is 18.0 Å². The molecule has 0 aliphatic carbocycles. The molecular weight excluding hydrogens is 460 g/mol. The zero-order chi connectivity index (χ0) is 21.9. The molecule has 0 atom stereocenters. The average Bonchev–Trinajstić information content (AvgIpc) is 3.12. The van der Waals surface area contributed by atoms with E-state index in [0.717, 1.165) is 23.9 Å². The maximum Gasteiger partial charge on any atom is 0.416 e. The lowest BCUT2D eigenvalue weighted by atomic mass is 10.1. The van der Waals surface area contributed by atoms with Crippen LogP contribution in [0.15, 0.2) is 53.8 Å². The first-order valence-electron chi connectivity index (χ1n) is 8.70. The molecular formula is C20H15Cl2F3N2O2S. The molecule has 0 aliphatic heterocycles. The molecule has 3 aromatic rings. The van der Waals surface area contributed by atoms with Gasteiger partial charge in [0, 0.05) is 11.3 Å². The Morgan fingerprint density at radius 3 is 2.60 bits per heavy atom. The molecule has 1 heterocycles. The Balaban J connectivity index is 2.10. The van der Waals surface area contributed by atoms with Crippen LogP contribution in [0.5, 0.6) is 0 Å². The van der Waals surface area contributed by atoms with Gasteiger partial charge in [0.1, 0.15) is 0 Å². The van der Waals surface area contributed by atoms with E-state index in [1.807, 2.05) is 0 Å². The Morgan fingerprint density at radius 1 is 1.17 bits per heavy atom. The number of aromatic nitrogens is 2. The first-order chi connectivity index (χ1) is 14.2. The number of rotatable bonds is 6. The van der Waals surface area contributed by atoms with E-state index in [1.54, 1.807) is 29.7 Å². The van der Waals surface area contributed by atoms with Crippen molar-refractivity contribution in [2.45, 2.75) is 18.3 Å². The number of benzene rings is 2. The summed E-state index contributed by atoms with van der Waals surface area (Å²) in [5.74, 6) is -0.484. The SMILES string of the molecule is CCOC(=O)CSc1ncc(-c2ccc(Cl)c(Cl)c2)n1-c1cccc(C(F)(F)F)c1. The number of imidazole rings is 1. The van der Waals surface area contributed by atoms with Crippen molar-refractivity contribution in [3.8, 4) is 16.9 Å². The Bertz CT molecular complexity index is 1070. The Labute approximate surface area is 185 Å². The highest BCUT2D eigenvalue weighted by molar-refractivity contribution is 7.99. The van der Waals surface area contributed by atoms with Gasteiger partial charge in [-0.1, -0.05) is 47.1 Å². The van der Waals surface area contributed by atoms with E-state index in [2.05, 4.69) is 4.98 Å². The molecule has 0 unspecified atom stereocenters. The number of thioether (sulfide) groups is 1. The monoisotopic (exact) mass is 474 g/mol. The second-order valence-corrected chi connectivity index (χ2v) is 7.79. The lowest BCUT2D eigenvalue weighted by molar-refractivity contribution is -0.140. The van der Waals surface area contributed by atoms with Crippen LogP contribution in [0.2, 0.25) is 10.0 Å². The molecule has 0 fully saturated rings. The van der Waals surface area contributed by atoms with Gasteiger partial charge in [-0.15, -0.1) is 0 Å². The molecule has 0 bridgehead atoms. The number of carbonyl (C=O) groups is 1. The van der Waals surface area contributed by atoms with Crippen molar-refractivity contribution >= 4 is 40.9 Å². The molecule has 0 aliphatic rings. The first kappa shape index (κ1) is 22.5. The van der Waals surface area contributed by atoms with Crippen LogP contribution in [-0.2, 0) is 15.7 Å². The molecule has 4 nitrogen and oxygen atoms in total. The number of hydrogen-bond acceptors (Lipinski definition) is 4. The fourth-order valence-electron chi connectivity index (χ4n) is 2.69. The average molecular weight is 475 g/mol. The van der Waals surface area contributed by atoms with E-state index in [4.69, 9.17) is 27.9 Å². The maximum absolute atomic E-state index is 13.2. The van der Waals surface area contributed by atoms with Gasteiger partial charge < -0.3 is 4.74 Å². The normalized spacial score (nSPS) is 11.5. The number of hydrogen-bond donors (Lipinski definition) is 0. The van der Waals surface area contributed by atoms with Crippen molar-refractivity contribution in [3.05, 3.63) is 64.3 Å². The van der Waals surface area contributed by atoms with Gasteiger partial charge in [-0.3, -0.25) is 9.36 Å². The summed E-state index contributed by atoms with van der Waals surface area (Å²) in [7, 11) is 0. The summed E-state index contributed by atoms with van der Waals surface area (Å²) >= 11 is 13.2. The molecule has 158 valence electrons. The number of esters is 1. The van der Waals surface area contributed by atoms with Gasteiger partial charge >= 0.3 is 12.1 Å². The number of halogens is 5. The highest BCUT2D eigenvalue weighted by Crippen LogP contribution is 2.35. The van der Waals surface area contributed by atoms with Gasteiger partial charge in [-0.2, -0.15) is 13.2 Å². The Kier molecular flexibility index (Phi) is 7.00. The molecule has 0 saturated heterocycles. The molecule has 2 aromatic carbocycles. The molecule has 10 heteroatoms. The molecule has 0 saturated carbocycles. The summed E-state index contributed by atoms with van der Waals surface area (Å²) in [5.41, 5.74) is 0.557. The number of carbonyl (C=O) groups excluding carboxylic acids is 1. The fourth-order valence-corrected chi connectivity index (χ4v) is 3.78. The largest absolute Gasteiger partial charge is 0.465 e. The molecule has 0 radical (unpaired) electrons. The third-order valence-electron chi connectivity index (χ3n) is 4.00. The summed E-state index contributed by atoms with van der Waals surface area (Å²) in [6.45, 7) is 1.92. The van der Waals surface area contributed by atoms with E-state index in [9.17, 15) is 18.0 Å². The second-order valence-electron chi connectivity index (χ2n) is 6.03. The zero-order valence-corrected chi connectivity index (χ0v) is 17.9. The van der Waals surface area contributed by atoms with Gasteiger partial charge in [-0.05, 0) is 37.3 Å².